The number of aromatic hydroxyl groups is 1. The predicted molar refractivity (Wildman–Crippen MR) is 55.8 cm³/mol. The van der Waals surface area contributed by atoms with E-state index in [1.165, 1.54) is 12.1 Å². The van der Waals surface area contributed by atoms with E-state index in [1.54, 1.807) is 18.2 Å². The molecule has 5 nitrogen and oxygen atoms in total. The zero-order valence-electron chi connectivity index (χ0n) is 7.77. The van der Waals surface area contributed by atoms with E-state index >= 15 is 0 Å². The van der Waals surface area contributed by atoms with E-state index in [4.69, 9.17) is 10.8 Å². The fraction of sp³-hybridized carbons (Fsp3) is 0. The SMILES string of the molecule is NC1=N/C(=C\c2ccc(O)cc2)C(=O)N1. The van der Waals surface area contributed by atoms with Gasteiger partial charge in [0.2, 0.25) is 5.96 Å². The van der Waals surface area contributed by atoms with Crippen LogP contribution in [0.5, 0.6) is 5.75 Å². The molecule has 0 atom stereocenters. The Morgan fingerprint density at radius 1 is 1.33 bits per heavy atom. The molecule has 0 saturated carbocycles. The number of phenolic OH excluding ortho intramolecular Hbond substituents is 1. The fourth-order valence-electron chi connectivity index (χ4n) is 1.22. The van der Waals surface area contributed by atoms with Crippen LogP contribution in [0.1, 0.15) is 5.56 Å². The van der Waals surface area contributed by atoms with Crippen LogP contribution in [-0.4, -0.2) is 17.0 Å². The molecule has 1 aromatic rings. The van der Waals surface area contributed by atoms with Crippen molar-refractivity contribution in [2.45, 2.75) is 0 Å². The number of aliphatic imine (C=N–C) groups is 1. The van der Waals surface area contributed by atoms with Gasteiger partial charge in [0, 0.05) is 0 Å². The van der Waals surface area contributed by atoms with Crippen LogP contribution in [0, 0.1) is 0 Å². The van der Waals surface area contributed by atoms with Gasteiger partial charge in [0.05, 0.1) is 0 Å². The molecule has 0 aromatic heterocycles. The highest BCUT2D eigenvalue weighted by atomic mass is 16.3. The number of phenols is 1. The van der Waals surface area contributed by atoms with Gasteiger partial charge in [-0.2, -0.15) is 0 Å². The van der Waals surface area contributed by atoms with Crippen LogP contribution in [0.15, 0.2) is 35.0 Å². The van der Waals surface area contributed by atoms with Crippen LogP contribution in [0.4, 0.5) is 0 Å². The first-order chi connectivity index (χ1) is 7.15. The average Bonchev–Trinajstić information content (AvgIpc) is 2.49. The van der Waals surface area contributed by atoms with Crippen molar-refractivity contribution in [3.63, 3.8) is 0 Å². The minimum atomic E-state index is -0.319. The van der Waals surface area contributed by atoms with Crippen molar-refractivity contribution in [3.8, 4) is 5.75 Å². The number of nitrogens with two attached hydrogens (primary N) is 1. The molecular weight excluding hydrogens is 194 g/mol. The highest BCUT2D eigenvalue weighted by Crippen LogP contribution is 2.14. The van der Waals surface area contributed by atoms with Gasteiger partial charge in [0.15, 0.2) is 0 Å². The molecule has 0 unspecified atom stereocenters. The lowest BCUT2D eigenvalue weighted by atomic mass is 10.2. The number of rotatable bonds is 1. The molecule has 5 heteroatoms. The van der Waals surface area contributed by atoms with E-state index in [1.807, 2.05) is 0 Å². The lowest BCUT2D eigenvalue weighted by Gasteiger charge is -1.94. The second-order valence-electron chi connectivity index (χ2n) is 3.07. The van der Waals surface area contributed by atoms with Gasteiger partial charge in [0.1, 0.15) is 11.4 Å². The third-order valence-corrected chi connectivity index (χ3v) is 1.91. The Morgan fingerprint density at radius 2 is 2.00 bits per heavy atom. The maximum atomic E-state index is 11.2. The predicted octanol–water partition coefficient (Wildman–Crippen LogP) is 0.178. The Bertz CT molecular complexity index is 460. The van der Waals surface area contributed by atoms with Gasteiger partial charge in [0.25, 0.3) is 5.91 Å². The molecule has 1 aromatic carbocycles. The molecule has 1 amide bonds. The Hall–Kier alpha value is -2.30. The molecule has 1 aliphatic heterocycles. The Morgan fingerprint density at radius 3 is 2.53 bits per heavy atom. The van der Waals surface area contributed by atoms with Crippen LogP contribution < -0.4 is 11.1 Å². The van der Waals surface area contributed by atoms with Crippen molar-refractivity contribution in [2.24, 2.45) is 10.7 Å². The molecule has 1 aliphatic rings. The van der Waals surface area contributed by atoms with E-state index in [0.717, 1.165) is 5.56 Å². The summed E-state index contributed by atoms with van der Waals surface area (Å²) in [4.78, 5) is 15.1. The first-order valence-corrected chi connectivity index (χ1v) is 4.31. The van der Waals surface area contributed by atoms with E-state index in [9.17, 15) is 4.79 Å². The second-order valence-corrected chi connectivity index (χ2v) is 3.07. The number of amides is 1. The molecule has 0 aliphatic carbocycles. The average molecular weight is 203 g/mol. The lowest BCUT2D eigenvalue weighted by molar-refractivity contribution is -0.115. The summed E-state index contributed by atoms with van der Waals surface area (Å²) >= 11 is 0. The van der Waals surface area contributed by atoms with Crippen molar-refractivity contribution in [1.82, 2.24) is 5.32 Å². The van der Waals surface area contributed by atoms with Crippen molar-refractivity contribution < 1.29 is 9.90 Å². The molecule has 0 fully saturated rings. The van der Waals surface area contributed by atoms with Crippen molar-refractivity contribution in [2.75, 3.05) is 0 Å². The quantitative estimate of drug-likeness (QED) is 0.569. The maximum absolute atomic E-state index is 11.2. The molecule has 1 heterocycles. The highest BCUT2D eigenvalue weighted by Gasteiger charge is 2.16. The summed E-state index contributed by atoms with van der Waals surface area (Å²) < 4.78 is 0. The van der Waals surface area contributed by atoms with Crippen LogP contribution in [0.25, 0.3) is 6.08 Å². The summed E-state index contributed by atoms with van der Waals surface area (Å²) in [5.74, 6) is -0.0401. The topological polar surface area (TPSA) is 87.7 Å². The van der Waals surface area contributed by atoms with Gasteiger partial charge >= 0.3 is 0 Å². The zero-order chi connectivity index (χ0) is 10.8. The summed E-state index contributed by atoms with van der Waals surface area (Å²) in [5.41, 5.74) is 6.37. The van der Waals surface area contributed by atoms with Gasteiger partial charge in [-0.1, -0.05) is 12.1 Å². The monoisotopic (exact) mass is 203 g/mol. The minimum Gasteiger partial charge on any atom is -0.508 e. The number of guanidine groups is 1. The van der Waals surface area contributed by atoms with E-state index in [-0.39, 0.29) is 23.3 Å². The zero-order valence-corrected chi connectivity index (χ0v) is 7.77. The van der Waals surface area contributed by atoms with Gasteiger partial charge in [-0.3, -0.25) is 10.1 Å². The summed E-state index contributed by atoms with van der Waals surface area (Å²) in [6.45, 7) is 0. The van der Waals surface area contributed by atoms with E-state index in [2.05, 4.69) is 10.3 Å². The Labute approximate surface area is 85.9 Å². The summed E-state index contributed by atoms with van der Waals surface area (Å²) in [6, 6.07) is 6.43. The van der Waals surface area contributed by atoms with Crippen molar-refractivity contribution in [3.05, 3.63) is 35.5 Å². The molecule has 0 bridgehead atoms. The first kappa shape index (κ1) is 9.26. The summed E-state index contributed by atoms with van der Waals surface area (Å²) in [7, 11) is 0. The number of carbonyl (C=O) groups is 1. The van der Waals surface area contributed by atoms with Gasteiger partial charge in [-0.15, -0.1) is 0 Å². The highest BCUT2D eigenvalue weighted by molar-refractivity contribution is 6.13. The van der Waals surface area contributed by atoms with Crippen molar-refractivity contribution in [1.29, 1.82) is 0 Å². The first-order valence-electron chi connectivity index (χ1n) is 4.31. The summed E-state index contributed by atoms with van der Waals surface area (Å²) in [6.07, 6.45) is 1.59. The number of nitrogens with one attached hydrogen (secondary N) is 1. The standard InChI is InChI=1S/C10H9N3O2/c11-10-12-8(9(15)13-10)5-6-1-3-7(14)4-2-6/h1-5,14H,(H3,11,12,13,15)/b8-5-. The molecule has 76 valence electrons. The van der Waals surface area contributed by atoms with Gasteiger partial charge in [-0.25, -0.2) is 4.99 Å². The number of benzene rings is 1. The maximum Gasteiger partial charge on any atom is 0.276 e. The fourth-order valence-corrected chi connectivity index (χ4v) is 1.22. The third-order valence-electron chi connectivity index (χ3n) is 1.91. The molecule has 2 rings (SSSR count). The van der Waals surface area contributed by atoms with Crippen LogP contribution in [0.2, 0.25) is 0 Å². The molecule has 0 saturated heterocycles. The Kier molecular flexibility index (Phi) is 2.13. The Balaban J connectivity index is 2.31. The number of nitrogens with zero attached hydrogens (tertiary/aromatic N) is 1. The summed E-state index contributed by atoms with van der Waals surface area (Å²) in [5, 5.41) is 11.4. The van der Waals surface area contributed by atoms with Crippen LogP contribution >= 0.6 is 0 Å². The molecule has 0 spiro atoms. The van der Waals surface area contributed by atoms with Crippen molar-refractivity contribution >= 4 is 17.9 Å². The molecular formula is C10H9N3O2. The number of hydrogen-bond donors (Lipinski definition) is 3. The van der Waals surface area contributed by atoms with Gasteiger partial charge in [-0.05, 0) is 23.8 Å². The lowest BCUT2D eigenvalue weighted by Crippen LogP contribution is -2.30. The van der Waals surface area contributed by atoms with Crippen LogP contribution in [-0.2, 0) is 4.79 Å². The molecule has 15 heavy (non-hydrogen) atoms. The van der Waals surface area contributed by atoms with Crippen LogP contribution in [0.3, 0.4) is 0 Å². The van der Waals surface area contributed by atoms with E-state index < -0.39 is 0 Å². The van der Waals surface area contributed by atoms with Gasteiger partial charge < -0.3 is 10.8 Å². The van der Waals surface area contributed by atoms with E-state index in [0.29, 0.717) is 0 Å². The number of carbonyl (C=O) groups excluding carboxylic acids is 1. The normalized spacial score (nSPS) is 17.7. The molecule has 4 N–H and O–H groups in total. The minimum absolute atomic E-state index is 0.102. The second kappa shape index (κ2) is 3.45. The molecule has 0 radical (unpaired) electrons. The third kappa shape index (κ3) is 1.96. The number of hydrogen-bond acceptors (Lipinski definition) is 4. The largest absolute Gasteiger partial charge is 0.508 e. The smallest absolute Gasteiger partial charge is 0.276 e.